The molecule has 0 aliphatic heterocycles. The minimum absolute atomic E-state index is 0.174. The van der Waals surface area contributed by atoms with Crippen molar-refractivity contribution in [1.29, 1.82) is 0 Å². The molecule has 9 nitrogen and oxygen atoms in total. The van der Waals surface area contributed by atoms with Gasteiger partial charge in [-0.25, -0.2) is 23.1 Å². The number of oxime groups is 1. The van der Waals surface area contributed by atoms with Crippen molar-refractivity contribution >= 4 is 43.5 Å². The first-order valence-electron chi connectivity index (χ1n) is 8.87. The van der Waals surface area contributed by atoms with Crippen molar-refractivity contribution in [1.82, 2.24) is 19.3 Å². The summed E-state index contributed by atoms with van der Waals surface area (Å²) in [6, 6.07) is 7.70. The Kier molecular flexibility index (Phi) is 5.80. The number of rotatable bonds is 8. The Bertz CT molecular complexity index is 1130. The van der Waals surface area contributed by atoms with Gasteiger partial charge in [-0.2, -0.15) is 0 Å². The number of nitrogen functional groups attached to an aromatic ring is 1. The summed E-state index contributed by atoms with van der Waals surface area (Å²) in [6.45, 7) is 4.72. The lowest BCUT2D eigenvalue weighted by Gasteiger charge is -2.11. The van der Waals surface area contributed by atoms with E-state index in [1.54, 1.807) is 0 Å². The number of hydrogen-bond acceptors (Lipinski definition) is 7. The van der Waals surface area contributed by atoms with Crippen LogP contribution in [0.3, 0.4) is 0 Å². The van der Waals surface area contributed by atoms with E-state index < -0.39 is 10.0 Å². The van der Waals surface area contributed by atoms with E-state index in [9.17, 15) is 8.42 Å². The topological polar surface area (TPSA) is 124 Å². The van der Waals surface area contributed by atoms with Crippen LogP contribution >= 0.6 is 0 Å². The van der Waals surface area contributed by atoms with Gasteiger partial charge in [-0.15, -0.1) is 0 Å². The van der Waals surface area contributed by atoms with E-state index in [-0.39, 0.29) is 6.61 Å². The van der Waals surface area contributed by atoms with E-state index in [1.165, 1.54) is 0 Å². The number of anilines is 1. The highest BCUT2D eigenvalue weighted by molar-refractivity contribution is 7.88. The average molecular weight is 404 g/mol. The third kappa shape index (κ3) is 4.57. The molecule has 10 heteroatoms. The minimum atomic E-state index is -3.23. The van der Waals surface area contributed by atoms with E-state index >= 15 is 0 Å². The molecule has 3 rings (SSSR count). The Morgan fingerprint density at radius 1 is 1.29 bits per heavy atom. The molecule has 2 heterocycles. The van der Waals surface area contributed by atoms with Gasteiger partial charge in [0.05, 0.1) is 23.0 Å². The van der Waals surface area contributed by atoms with E-state index in [0.717, 1.165) is 28.4 Å². The maximum Gasteiger partial charge on any atom is 0.208 e. The minimum Gasteiger partial charge on any atom is -0.388 e. The largest absolute Gasteiger partial charge is 0.388 e. The van der Waals surface area contributed by atoms with Crippen molar-refractivity contribution in [2.75, 3.05) is 18.5 Å². The molecular weight excluding hydrogens is 380 g/mol. The number of benzene rings is 1. The van der Waals surface area contributed by atoms with Crippen molar-refractivity contribution in [3.05, 3.63) is 30.1 Å². The molecule has 28 heavy (non-hydrogen) atoms. The second kappa shape index (κ2) is 8.11. The quantitative estimate of drug-likeness (QED) is 0.336. The maximum absolute atomic E-state index is 11.3. The number of nitrogens with two attached hydrogens (primary N) is 1. The molecule has 0 aliphatic carbocycles. The van der Waals surface area contributed by atoms with Crippen LogP contribution in [-0.4, -0.2) is 41.5 Å². The van der Waals surface area contributed by atoms with Crippen LogP contribution in [0.1, 0.15) is 26.1 Å². The van der Waals surface area contributed by atoms with Crippen LogP contribution in [0.25, 0.3) is 21.9 Å². The molecule has 0 saturated carbocycles. The Balaban J connectivity index is 2.03. The fourth-order valence-corrected chi connectivity index (χ4v) is 3.48. The van der Waals surface area contributed by atoms with Crippen LogP contribution in [-0.2, 0) is 28.0 Å². The van der Waals surface area contributed by atoms with Gasteiger partial charge in [0.15, 0.2) is 18.2 Å². The van der Waals surface area contributed by atoms with Crippen LogP contribution in [0.15, 0.2) is 29.4 Å². The van der Waals surface area contributed by atoms with Gasteiger partial charge in [0, 0.05) is 18.5 Å². The molecule has 0 spiro atoms. The predicted octanol–water partition coefficient (Wildman–Crippen LogP) is 2.02. The van der Waals surface area contributed by atoms with Crippen molar-refractivity contribution < 1.29 is 13.3 Å². The summed E-state index contributed by atoms with van der Waals surface area (Å²) >= 11 is 0. The number of nitrogens with zero attached hydrogens (tertiary/aromatic N) is 4. The summed E-state index contributed by atoms with van der Waals surface area (Å²) < 4.78 is 27.1. The second-order valence-corrected chi connectivity index (χ2v) is 8.56. The first-order valence-corrected chi connectivity index (χ1v) is 10.8. The third-order valence-corrected chi connectivity index (χ3v) is 4.78. The Morgan fingerprint density at radius 2 is 2.04 bits per heavy atom. The fraction of sp³-hybridized carbons (Fsp3) is 0.389. The van der Waals surface area contributed by atoms with Crippen LogP contribution in [0.4, 0.5) is 5.82 Å². The van der Waals surface area contributed by atoms with Gasteiger partial charge < -0.3 is 15.1 Å². The number of pyridine rings is 1. The first kappa shape index (κ1) is 20.0. The zero-order valence-corrected chi connectivity index (χ0v) is 17.0. The molecule has 0 unspecified atom stereocenters. The van der Waals surface area contributed by atoms with Crippen LogP contribution in [0, 0.1) is 0 Å². The van der Waals surface area contributed by atoms with E-state index in [1.807, 2.05) is 42.7 Å². The number of nitrogens with one attached hydrogen (secondary N) is 1. The van der Waals surface area contributed by atoms with E-state index in [4.69, 9.17) is 10.6 Å². The summed E-state index contributed by atoms with van der Waals surface area (Å²) in [7, 11) is -3.23. The van der Waals surface area contributed by atoms with Crippen LogP contribution in [0.5, 0.6) is 0 Å². The Labute approximate surface area is 163 Å². The SMILES string of the molecule is CC(C)=NOCc1nc2c(N)nc3ccccc3c2n1CCCNS(C)(=O)=O. The zero-order valence-electron chi connectivity index (χ0n) is 16.1. The third-order valence-electron chi connectivity index (χ3n) is 4.05. The number of sulfonamides is 1. The highest BCUT2D eigenvalue weighted by Gasteiger charge is 2.17. The summed E-state index contributed by atoms with van der Waals surface area (Å²) in [6.07, 6.45) is 1.72. The summed E-state index contributed by atoms with van der Waals surface area (Å²) in [4.78, 5) is 14.5. The zero-order chi connectivity index (χ0) is 20.3. The molecule has 0 saturated heterocycles. The molecule has 150 valence electrons. The lowest BCUT2D eigenvalue weighted by atomic mass is 10.2. The van der Waals surface area contributed by atoms with Gasteiger partial charge >= 0.3 is 0 Å². The van der Waals surface area contributed by atoms with E-state index in [2.05, 4.69) is 19.8 Å². The monoisotopic (exact) mass is 404 g/mol. The number of para-hydroxylation sites is 1. The predicted molar refractivity (Wildman–Crippen MR) is 110 cm³/mol. The van der Waals surface area contributed by atoms with Crippen molar-refractivity contribution in [2.45, 2.75) is 33.4 Å². The molecule has 0 atom stereocenters. The molecule has 0 aliphatic rings. The molecule has 1 aromatic carbocycles. The van der Waals surface area contributed by atoms with Gasteiger partial charge in [-0.05, 0) is 26.3 Å². The maximum atomic E-state index is 11.3. The van der Waals surface area contributed by atoms with E-state index in [0.29, 0.717) is 36.7 Å². The van der Waals surface area contributed by atoms with Crippen LogP contribution in [0.2, 0.25) is 0 Å². The summed E-state index contributed by atoms with van der Waals surface area (Å²) in [5.41, 5.74) is 9.18. The van der Waals surface area contributed by atoms with Gasteiger partial charge in [0.1, 0.15) is 5.52 Å². The molecule has 0 amide bonds. The normalized spacial score (nSPS) is 11.8. The first-order chi connectivity index (χ1) is 13.3. The molecule has 0 radical (unpaired) electrons. The lowest BCUT2D eigenvalue weighted by molar-refractivity contribution is 0.122. The molecule has 0 bridgehead atoms. The Hall–Kier alpha value is -2.72. The Morgan fingerprint density at radius 3 is 2.75 bits per heavy atom. The van der Waals surface area contributed by atoms with Gasteiger partial charge in [-0.1, -0.05) is 23.4 Å². The number of fused-ring (bicyclic) bond motifs is 3. The molecule has 0 fully saturated rings. The van der Waals surface area contributed by atoms with Crippen LogP contribution < -0.4 is 10.5 Å². The number of imidazole rings is 1. The number of aromatic nitrogens is 3. The number of aryl methyl sites for hydroxylation is 1. The fourth-order valence-electron chi connectivity index (χ4n) is 2.97. The van der Waals surface area contributed by atoms with Crippen molar-refractivity contribution in [3.63, 3.8) is 0 Å². The highest BCUT2D eigenvalue weighted by Crippen LogP contribution is 2.29. The highest BCUT2D eigenvalue weighted by atomic mass is 32.2. The van der Waals surface area contributed by atoms with Crippen molar-refractivity contribution in [2.24, 2.45) is 5.16 Å². The summed E-state index contributed by atoms with van der Waals surface area (Å²) in [5.74, 6) is 1.00. The smallest absolute Gasteiger partial charge is 0.208 e. The second-order valence-electron chi connectivity index (χ2n) is 6.72. The molecule has 3 aromatic rings. The average Bonchev–Trinajstić information content (AvgIpc) is 2.97. The number of hydrogen-bond donors (Lipinski definition) is 2. The van der Waals surface area contributed by atoms with Crippen molar-refractivity contribution in [3.8, 4) is 0 Å². The summed E-state index contributed by atoms with van der Waals surface area (Å²) in [5, 5.41) is 4.90. The van der Waals surface area contributed by atoms with Gasteiger partial charge in [0.25, 0.3) is 0 Å². The standard InChI is InChI=1S/C18H24N6O3S/c1-12(2)23-27-11-15-22-16-17(24(15)10-6-9-20-28(3,25)26)13-7-4-5-8-14(13)21-18(16)19/h4-5,7-8,20H,6,9-11H2,1-3H3,(H2,19,21). The van der Waals surface area contributed by atoms with Gasteiger partial charge in [0.2, 0.25) is 10.0 Å². The van der Waals surface area contributed by atoms with Gasteiger partial charge in [-0.3, -0.25) is 0 Å². The molecular formula is C18H24N6O3S. The molecule has 2 aromatic heterocycles. The molecule has 3 N–H and O–H groups in total. The lowest BCUT2D eigenvalue weighted by Crippen LogP contribution is -2.24.